The highest BCUT2D eigenvalue weighted by atomic mass is 14.7. The van der Waals surface area contributed by atoms with E-state index in [4.69, 9.17) is 5.73 Å². The van der Waals surface area contributed by atoms with E-state index in [0.29, 0.717) is 0 Å². The number of unbranched alkanes of at least 4 members (excludes halogenated alkanes) is 6. The molecule has 0 spiro atoms. The summed E-state index contributed by atoms with van der Waals surface area (Å²) in [6.07, 6.45) is 19.2. The van der Waals surface area contributed by atoms with Crippen molar-refractivity contribution < 1.29 is 0 Å². The zero-order chi connectivity index (χ0) is 14.0. The topological polar surface area (TPSA) is 26.0 Å². The van der Waals surface area contributed by atoms with E-state index in [-0.39, 0.29) is 5.54 Å². The lowest BCUT2D eigenvalue weighted by molar-refractivity contribution is 0.209. The fraction of sp³-hybridized carbons (Fsp3) is 1.00. The molecule has 0 unspecified atom stereocenters. The normalized spacial score (nSPS) is 27.6. The van der Waals surface area contributed by atoms with Crippen LogP contribution in [0.25, 0.3) is 0 Å². The van der Waals surface area contributed by atoms with Gasteiger partial charge in [0.25, 0.3) is 0 Å². The molecule has 0 aliphatic heterocycles. The maximum atomic E-state index is 6.58. The van der Waals surface area contributed by atoms with E-state index in [2.05, 4.69) is 13.8 Å². The van der Waals surface area contributed by atoms with E-state index in [1.165, 1.54) is 89.9 Å². The van der Waals surface area contributed by atoms with Crippen LogP contribution in [-0.4, -0.2) is 5.54 Å². The Hall–Kier alpha value is -0.0400. The fourth-order valence-electron chi connectivity index (χ4n) is 3.63. The molecule has 0 bridgehead atoms. The Morgan fingerprint density at radius 2 is 1.42 bits per heavy atom. The van der Waals surface area contributed by atoms with Crippen molar-refractivity contribution in [1.82, 2.24) is 0 Å². The molecule has 19 heavy (non-hydrogen) atoms. The van der Waals surface area contributed by atoms with Crippen molar-refractivity contribution in [3.63, 3.8) is 0 Å². The maximum absolute atomic E-state index is 6.58. The van der Waals surface area contributed by atoms with Gasteiger partial charge in [-0.1, -0.05) is 71.6 Å². The Labute approximate surface area is 121 Å². The molecule has 1 aliphatic rings. The minimum Gasteiger partial charge on any atom is -0.325 e. The third-order valence-electron chi connectivity index (χ3n) is 5.08. The second kappa shape index (κ2) is 9.80. The van der Waals surface area contributed by atoms with Crippen LogP contribution in [0.2, 0.25) is 0 Å². The molecular formula is C18H37N. The summed E-state index contributed by atoms with van der Waals surface area (Å²) >= 11 is 0. The quantitative estimate of drug-likeness (QED) is 0.496. The van der Waals surface area contributed by atoms with Crippen LogP contribution < -0.4 is 5.73 Å². The van der Waals surface area contributed by atoms with Crippen LogP contribution in [0.4, 0.5) is 0 Å². The van der Waals surface area contributed by atoms with Gasteiger partial charge >= 0.3 is 0 Å². The molecule has 114 valence electrons. The number of hydrogen-bond donors (Lipinski definition) is 1. The van der Waals surface area contributed by atoms with E-state index < -0.39 is 0 Å². The molecule has 0 radical (unpaired) electrons. The van der Waals surface area contributed by atoms with Crippen LogP contribution in [0.3, 0.4) is 0 Å². The zero-order valence-electron chi connectivity index (χ0n) is 13.6. The van der Waals surface area contributed by atoms with Crippen LogP contribution >= 0.6 is 0 Å². The molecule has 1 fully saturated rings. The first-order valence-corrected chi connectivity index (χ1v) is 8.99. The van der Waals surface area contributed by atoms with E-state index in [1.807, 2.05) is 0 Å². The lowest BCUT2D eigenvalue weighted by Gasteiger charge is -2.37. The summed E-state index contributed by atoms with van der Waals surface area (Å²) in [4.78, 5) is 0. The van der Waals surface area contributed by atoms with Gasteiger partial charge in [-0.05, 0) is 38.0 Å². The van der Waals surface area contributed by atoms with Crippen molar-refractivity contribution in [2.24, 2.45) is 11.7 Å². The van der Waals surface area contributed by atoms with Crippen molar-refractivity contribution in [1.29, 1.82) is 0 Å². The average Bonchev–Trinajstić information content (AvgIpc) is 2.41. The Morgan fingerprint density at radius 1 is 0.842 bits per heavy atom. The van der Waals surface area contributed by atoms with Gasteiger partial charge in [-0.15, -0.1) is 0 Å². The van der Waals surface area contributed by atoms with Gasteiger partial charge in [-0.3, -0.25) is 0 Å². The first-order chi connectivity index (χ1) is 9.20. The third kappa shape index (κ3) is 7.34. The van der Waals surface area contributed by atoms with Crippen molar-refractivity contribution in [3.8, 4) is 0 Å². The molecule has 2 N–H and O–H groups in total. The highest BCUT2D eigenvalue weighted by Gasteiger charge is 2.30. The molecule has 0 saturated heterocycles. The second-order valence-electron chi connectivity index (χ2n) is 6.97. The summed E-state index contributed by atoms with van der Waals surface area (Å²) in [6.45, 7) is 4.59. The van der Waals surface area contributed by atoms with Crippen LogP contribution in [-0.2, 0) is 0 Å². The number of rotatable bonds is 10. The summed E-state index contributed by atoms with van der Waals surface area (Å²) in [5, 5.41) is 0. The molecule has 1 aliphatic carbocycles. The average molecular weight is 268 g/mol. The molecule has 1 saturated carbocycles. The highest BCUT2D eigenvalue weighted by Crippen LogP contribution is 2.35. The molecule has 1 rings (SSSR count). The van der Waals surface area contributed by atoms with Crippen LogP contribution in [0, 0.1) is 5.92 Å². The Morgan fingerprint density at radius 3 is 2.00 bits per heavy atom. The van der Waals surface area contributed by atoms with Gasteiger partial charge in [0.2, 0.25) is 0 Å². The fourth-order valence-corrected chi connectivity index (χ4v) is 3.63. The summed E-state index contributed by atoms with van der Waals surface area (Å²) in [5.41, 5.74) is 6.78. The number of nitrogens with two attached hydrogens (primary N) is 1. The highest BCUT2D eigenvalue weighted by molar-refractivity contribution is 4.89. The molecule has 0 atom stereocenters. The predicted molar refractivity (Wildman–Crippen MR) is 86.4 cm³/mol. The lowest BCUT2D eigenvalue weighted by Crippen LogP contribution is -2.43. The van der Waals surface area contributed by atoms with Crippen molar-refractivity contribution in [2.45, 2.75) is 109 Å². The molecular weight excluding hydrogens is 230 g/mol. The van der Waals surface area contributed by atoms with Gasteiger partial charge in [0, 0.05) is 5.54 Å². The zero-order valence-corrected chi connectivity index (χ0v) is 13.6. The first-order valence-electron chi connectivity index (χ1n) is 8.99. The molecule has 1 nitrogen and oxygen atoms in total. The summed E-state index contributed by atoms with van der Waals surface area (Å²) in [6, 6.07) is 0. The predicted octanol–water partition coefficient (Wildman–Crippen LogP) is 5.81. The number of hydrogen-bond acceptors (Lipinski definition) is 1. The maximum Gasteiger partial charge on any atom is 0.0154 e. The Bertz CT molecular complexity index is 204. The SMILES string of the molecule is CCCCCCCCCC1(N)CCC(CCC)CC1. The second-order valence-corrected chi connectivity index (χ2v) is 6.97. The third-order valence-corrected chi connectivity index (χ3v) is 5.08. The molecule has 0 aromatic heterocycles. The Balaban J connectivity index is 2.02. The monoisotopic (exact) mass is 267 g/mol. The van der Waals surface area contributed by atoms with Gasteiger partial charge in [-0.2, -0.15) is 0 Å². The van der Waals surface area contributed by atoms with E-state index >= 15 is 0 Å². The van der Waals surface area contributed by atoms with E-state index in [0.717, 1.165) is 5.92 Å². The van der Waals surface area contributed by atoms with Gasteiger partial charge in [0.05, 0.1) is 0 Å². The summed E-state index contributed by atoms with van der Waals surface area (Å²) in [7, 11) is 0. The van der Waals surface area contributed by atoms with Gasteiger partial charge in [0.15, 0.2) is 0 Å². The van der Waals surface area contributed by atoms with Crippen molar-refractivity contribution in [2.75, 3.05) is 0 Å². The minimum absolute atomic E-state index is 0.202. The largest absolute Gasteiger partial charge is 0.325 e. The summed E-state index contributed by atoms with van der Waals surface area (Å²) in [5.74, 6) is 0.982. The summed E-state index contributed by atoms with van der Waals surface area (Å²) < 4.78 is 0. The minimum atomic E-state index is 0.202. The lowest BCUT2D eigenvalue weighted by atomic mass is 9.73. The molecule has 0 amide bonds. The first kappa shape index (κ1) is 17.0. The van der Waals surface area contributed by atoms with Crippen LogP contribution in [0.5, 0.6) is 0 Å². The smallest absolute Gasteiger partial charge is 0.0154 e. The van der Waals surface area contributed by atoms with E-state index in [1.54, 1.807) is 0 Å². The van der Waals surface area contributed by atoms with Crippen LogP contribution in [0.1, 0.15) is 104 Å². The van der Waals surface area contributed by atoms with Gasteiger partial charge < -0.3 is 5.73 Å². The standard InChI is InChI=1S/C18H37N/c1-3-5-6-7-8-9-10-14-18(19)15-12-17(11-4-2)13-16-18/h17H,3-16,19H2,1-2H3. The molecule has 0 aromatic rings. The molecule has 0 heterocycles. The Kier molecular flexibility index (Phi) is 8.77. The van der Waals surface area contributed by atoms with Crippen molar-refractivity contribution >= 4 is 0 Å². The molecule has 1 heteroatoms. The van der Waals surface area contributed by atoms with Gasteiger partial charge in [-0.25, -0.2) is 0 Å². The van der Waals surface area contributed by atoms with Crippen molar-refractivity contribution in [3.05, 3.63) is 0 Å². The van der Waals surface area contributed by atoms with Gasteiger partial charge in [0.1, 0.15) is 0 Å². The molecule has 0 aromatic carbocycles. The van der Waals surface area contributed by atoms with Crippen LogP contribution in [0.15, 0.2) is 0 Å². The van der Waals surface area contributed by atoms with E-state index in [9.17, 15) is 0 Å².